The van der Waals surface area contributed by atoms with Crippen molar-refractivity contribution in [1.82, 2.24) is 9.97 Å². The first-order valence-corrected chi connectivity index (χ1v) is 13.2. The van der Waals surface area contributed by atoms with Crippen LogP contribution in [0.4, 0.5) is 0 Å². The number of hydrogen-bond acceptors (Lipinski definition) is 1. The van der Waals surface area contributed by atoms with Crippen LogP contribution >= 0.6 is 11.8 Å². The van der Waals surface area contributed by atoms with Crippen molar-refractivity contribution in [3.63, 3.8) is 0 Å². The van der Waals surface area contributed by atoms with E-state index in [9.17, 15) is 0 Å². The lowest BCUT2D eigenvalue weighted by molar-refractivity contribution is 0.663. The molecule has 2 nitrogen and oxygen atoms in total. The molecule has 2 aliphatic rings. The van der Waals surface area contributed by atoms with Crippen LogP contribution in [0, 0.1) is 0 Å². The minimum atomic E-state index is -0.285. The van der Waals surface area contributed by atoms with Crippen LogP contribution in [-0.2, 0) is 11.8 Å². The molecule has 2 aromatic heterocycles. The number of hydrogen-bond donors (Lipinski definition) is 2. The van der Waals surface area contributed by atoms with Crippen molar-refractivity contribution in [2.24, 2.45) is 0 Å². The molecule has 0 saturated carbocycles. The quantitative estimate of drug-likeness (QED) is 0.249. The molecular formula is C32H24N2S. The van der Waals surface area contributed by atoms with E-state index in [1.807, 2.05) is 11.8 Å². The van der Waals surface area contributed by atoms with E-state index in [0.29, 0.717) is 0 Å². The summed E-state index contributed by atoms with van der Waals surface area (Å²) in [7, 11) is 0. The molecule has 1 atom stereocenters. The largest absolute Gasteiger partial charge is 0.357 e. The van der Waals surface area contributed by atoms with E-state index in [-0.39, 0.29) is 5.41 Å². The summed E-state index contributed by atoms with van der Waals surface area (Å²) in [6.07, 6.45) is 6.80. The van der Waals surface area contributed by atoms with Gasteiger partial charge in [0.1, 0.15) is 0 Å². The maximum Gasteiger partial charge on any atom is 0.0607 e. The van der Waals surface area contributed by atoms with Crippen LogP contribution in [0.25, 0.3) is 38.8 Å². The molecule has 0 radical (unpaired) electrons. The zero-order valence-electron chi connectivity index (χ0n) is 19.5. The second-order valence-corrected chi connectivity index (χ2v) is 11.0. The van der Waals surface area contributed by atoms with Gasteiger partial charge in [-0.15, -0.1) is 0 Å². The Morgan fingerprint density at radius 2 is 1.60 bits per heavy atom. The molecule has 2 N–H and O–H groups in total. The fourth-order valence-electron chi connectivity index (χ4n) is 6.43. The van der Waals surface area contributed by atoms with E-state index in [0.717, 1.165) is 12.8 Å². The molecule has 3 heterocycles. The van der Waals surface area contributed by atoms with Crippen LogP contribution in [0.3, 0.4) is 0 Å². The Bertz CT molecular complexity index is 1840. The average molecular weight is 469 g/mol. The summed E-state index contributed by atoms with van der Waals surface area (Å²) in [5.41, 5.74) is 10.3. The molecule has 0 fully saturated rings. The van der Waals surface area contributed by atoms with Crippen molar-refractivity contribution < 1.29 is 0 Å². The third-order valence-electron chi connectivity index (χ3n) is 8.14. The molecule has 0 bridgehead atoms. The number of rotatable bonds is 1. The third kappa shape index (κ3) is 2.51. The highest BCUT2D eigenvalue weighted by Gasteiger charge is 2.41. The maximum atomic E-state index is 3.84. The van der Waals surface area contributed by atoms with Gasteiger partial charge in [-0.25, -0.2) is 0 Å². The van der Waals surface area contributed by atoms with E-state index >= 15 is 0 Å². The summed E-state index contributed by atoms with van der Waals surface area (Å²) in [5, 5.41) is 3.93. The molecule has 168 valence electrons. The number of benzene rings is 4. The molecule has 1 aliphatic heterocycles. The van der Waals surface area contributed by atoms with E-state index in [1.165, 1.54) is 70.4 Å². The molecule has 0 saturated heterocycles. The lowest BCUT2D eigenvalue weighted by atomic mass is 9.70. The summed E-state index contributed by atoms with van der Waals surface area (Å²) >= 11 is 1.92. The highest BCUT2D eigenvalue weighted by atomic mass is 32.2. The average Bonchev–Trinajstić information content (AvgIpc) is 3.48. The van der Waals surface area contributed by atoms with Gasteiger partial charge in [0.05, 0.1) is 11.0 Å². The molecule has 3 heteroatoms. The Morgan fingerprint density at radius 3 is 2.51 bits per heavy atom. The van der Waals surface area contributed by atoms with Crippen molar-refractivity contribution in [1.29, 1.82) is 0 Å². The predicted octanol–water partition coefficient (Wildman–Crippen LogP) is 8.58. The zero-order chi connectivity index (χ0) is 23.1. The number of aryl methyl sites for hydroxylation is 1. The minimum Gasteiger partial charge on any atom is -0.357 e. The molecule has 0 amide bonds. The number of allylic oxidation sites excluding steroid dienone is 1. The number of H-pyrrole nitrogens is 2. The third-order valence-corrected chi connectivity index (χ3v) is 9.33. The van der Waals surface area contributed by atoms with Crippen LogP contribution in [-0.4, -0.2) is 9.97 Å². The Morgan fingerprint density at radius 1 is 0.771 bits per heavy atom. The molecule has 35 heavy (non-hydrogen) atoms. The van der Waals surface area contributed by atoms with Crippen molar-refractivity contribution in [2.75, 3.05) is 0 Å². The fraction of sp³-hybridized carbons (Fsp3) is 0.125. The lowest BCUT2D eigenvalue weighted by Gasteiger charge is -2.39. The summed E-state index contributed by atoms with van der Waals surface area (Å²) < 4.78 is 0. The Labute approximate surface area is 208 Å². The number of para-hydroxylation sites is 1. The van der Waals surface area contributed by atoms with Gasteiger partial charge >= 0.3 is 0 Å². The van der Waals surface area contributed by atoms with Crippen LogP contribution in [0.2, 0.25) is 0 Å². The topological polar surface area (TPSA) is 31.6 Å². The van der Waals surface area contributed by atoms with Crippen molar-refractivity contribution in [3.8, 4) is 0 Å². The second-order valence-electron chi connectivity index (χ2n) is 9.95. The second kappa shape index (κ2) is 6.93. The summed E-state index contributed by atoms with van der Waals surface area (Å²) in [5.74, 6) is 0. The van der Waals surface area contributed by atoms with Crippen LogP contribution in [0.5, 0.6) is 0 Å². The monoisotopic (exact) mass is 468 g/mol. The molecule has 6 aromatic rings. The highest BCUT2D eigenvalue weighted by Crippen LogP contribution is 2.56. The van der Waals surface area contributed by atoms with Gasteiger partial charge in [0.25, 0.3) is 0 Å². The van der Waals surface area contributed by atoms with Crippen LogP contribution in [0.15, 0.2) is 94.7 Å². The summed E-state index contributed by atoms with van der Waals surface area (Å²) in [4.78, 5) is 10.3. The first kappa shape index (κ1) is 19.6. The SMILES string of the molecule is CC1(c2ccccc2)c2ccc3c4c([nH]c3c2Sc2ccc3c([nH]c5ccccc53)c21)CCC=C4. The van der Waals surface area contributed by atoms with Crippen LogP contribution < -0.4 is 0 Å². The Balaban J connectivity index is 1.51. The molecule has 8 rings (SSSR count). The van der Waals surface area contributed by atoms with Gasteiger partial charge in [0, 0.05) is 53.7 Å². The Hall–Kier alpha value is -3.69. The van der Waals surface area contributed by atoms with Crippen molar-refractivity contribution >= 4 is 50.5 Å². The van der Waals surface area contributed by atoms with Gasteiger partial charge in [-0.05, 0) is 43.0 Å². The summed E-state index contributed by atoms with van der Waals surface area (Å²) in [6, 6.07) is 29.1. The molecule has 1 aliphatic carbocycles. The molecular weight excluding hydrogens is 444 g/mol. The Kier molecular flexibility index (Phi) is 3.88. The fourth-order valence-corrected chi connectivity index (χ4v) is 7.83. The normalized spacial score (nSPS) is 18.7. The standard InChI is InChI=1S/C32H24N2S/c1-32(19-9-3-2-4-10-19)24-17-15-23-21-12-6-8-14-26(21)34-30(23)31(24)35-27-18-16-22-20-11-5-7-13-25(20)33-29(22)28(27)32/h2-7,9-13,15-18,33-34H,8,14H2,1H3. The zero-order valence-corrected chi connectivity index (χ0v) is 20.3. The van der Waals surface area contributed by atoms with Gasteiger partial charge < -0.3 is 9.97 Å². The highest BCUT2D eigenvalue weighted by molar-refractivity contribution is 7.99. The smallest absolute Gasteiger partial charge is 0.0607 e. The number of aromatic amines is 2. The van der Waals surface area contributed by atoms with Gasteiger partial charge in [-0.1, -0.05) is 90.6 Å². The number of nitrogens with one attached hydrogen (secondary N) is 2. The summed E-state index contributed by atoms with van der Waals surface area (Å²) in [6.45, 7) is 2.42. The van der Waals surface area contributed by atoms with E-state index in [1.54, 1.807) is 0 Å². The molecule has 0 spiro atoms. The van der Waals surface area contributed by atoms with Crippen LogP contribution in [0.1, 0.15) is 41.3 Å². The van der Waals surface area contributed by atoms with E-state index < -0.39 is 0 Å². The number of fused-ring (bicyclic) bond motifs is 10. The van der Waals surface area contributed by atoms with E-state index in [4.69, 9.17) is 0 Å². The lowest BCUT2D eigenvalue weighted by Crippen LogP contribution is -2.29. The molecule has 4 aromatic carbocycles. The minimum absolute atomic E-state index is 0.285. The first-order valence-electron chi connectivity index (χ1n) is 12.4. The first-order chi connectivity index (χ1) is 17.2. The van der Waals surface area contributed by atoms with Gasteiger partial charge in [-0.3, -0.25) is 0 Å². The maximum absolute atomic E-state index is 3.84. The van der Waals surface area contributed by atoms with Crippen molar-refractivity contribution in [2.45, 2.75) is 35.0 Å². The van der Waals surface area contributed by atoms with Crippen molar-refractivity contribution in [3.05, 3.63) is 113 Å². The predicted molar refractivity (Wildman–Crippen MR) is 148 cm³/mol. The number of aromatic nitrogens is 2. The van der Waals surface area contributed by atoms with E-state index in [2.05, 4.69) is 108 Å². The van der Waals surface area contributed by atoms with Gasteiger partial charge in [-0.2, -0.15) is 0 Å². The molecule has 1 unspecified atom stereocenters. The van der Waals surface area contributed by atoms with Gasteiger partial charge in [0.2, 0.25) is 0 Å². The van der Waals surface area contributed by atoms with Gasteiger partial charge in [0.15, 0.2) is 0 Å².